The van der Waals surface area contributed by atoms with Crippen LogP contribution in [0.1, 0.15) is 16.7 Å². The second-order valence-corrected chi connectivity index (χ2v) is 6.01. The van der Waals surface area contributed by atoms with Crippen LogP contribution < -0.4 is 0 Å². The Bertz CT molecular complexity index is 797. The average molecular weight is 325 g/mol. The molecule has 4 rings (SSSR count). The molecule has 121 valence electrons. The molecule has 1 fully saturated rings. The Hall–Kier alpha value is -2.62. The fraction of sp³-hybridized carbons (Fsp3) is 0.0909. The molecule has 0 aromatic heterocycles. The lowest BCUT2D eigenvalue weighted by molar-refractivity contribution is -0.182. The van der Waals surface area contributed by atoms with Gasteiger partial charge < -0.3 is 4.81 Å². The molecule has 3 aromatic rings. The van der Waals surface area contributed by atoms with Crippen LogP contribution in [0.4, 0.5) is 0 Å². The van der Waals surface area contributed by atoms with Crippen molar-refractivity contribution in [2.24, 2.45) is 0 Å². The van der Waals surface area contributed by atoms with Gasteiger partial charge >= 0.3 is 7.48 Å². The number of hydrogen-bond donors (Lipinski definition) is 0. The molecule has 1 atom stereocenters. The maximum absolute atomic E-state index is 5.19. The van der Waals surface area contributed by atoms with Crippen molar-refractivity contribution < 1.29 is 9.69 Å². The summed E-state index contributed by atoms with van der Waals surface area (Å²) in [5.74, 6) is 0.0813. The summed E-state index contributed by atoms with van der Waals surface area (Å²) in [5, 5.41) is 0. The second-order valence-electron chi connectivity index (χ2n) is 6.01. The van der Waals surface area contributed by atoms with Gasteiger partial charge in [-0.1, -0.05) is 91.0 Å². The molecule has 0 amide bonds. The van der Waals surface area contributed by atoms with E-state index in [0.717, 1.165) is 0 Å². The second kappa shape index (κ2) is 7.52. The Morgan fingerprint density at radius 3 is 1.60 bits per heavy atom. The van der Waals surface area contributed by atoms with Gasteiger partial charge in [-0.2, -0.15) is 0 Å². The van der Waals surface area contributed by atoms with Crippen LogP contribution in [0.15, 0.2) is 91.0 Å². The largest absolute Gasteiger partial charge is 0.354 e. The Morgan fingerprint density at radius 2 is 1.16 bits per heavy atom. The summed E-state index contributed by atoms with van der Waals surface area (Å²) in [6.07, 6.45) is 0. The summed E-state index contributed by atoms with van der Waals surface area (Å²) in [7, 11) is 1.79. The molecule has 1 unspecified atom stereocenters. The first-order valence-corrected chi connectivity index (χ1v) is 8.45. The van der Waals surface area contributed by atoms with Crippen LogP contribution in [0.3, 0.4) is 0 Å². The van der Waals surface area contributed by atoms with Gasteiger partial charge in [0.1, 0.15) is 0 Å². The van der Waals surface area contributed by atoms with Crippen molar-refractivity contribution in [2.45, 2.75) is 5.82 Å². The molecule has 0 saturated carbocycles. The zero-order chi connectivity index (χ0) is 16.9. The van der Waals surface area contributed by atoms with E-state index in [1.165, 1.54) is 27.8 Å². The minimum Gasteiger partial charge on any atom is -0.310 e. The van der Waals surface area contributed by atoms with E-state index in [4.69, 9.17) is 9.69 Å². The highest BCUT2D eigenvalue weighted by Crippen LogP contribution is 2.40. The monoisotopic (exact) mass is 325 g/mol. The van der Waals surface area contributed by atoms with Crippen LogP contribution in [0, 0.1) is 0 Å². The first kappa shape index (κ1) is 15.9. The summed E-state index contributed by atoms with van der Waals surface area (Å²) < 4.78 is 0. The van der Waals surface area contributed by atoms with Gasteiger partial charge in [-0.25, -0.2) is 0 Å². The molecule has 0 spiro atoms. The van der Waals surface area contributed by atoms with E-state index in [1.54, 1.807) is 7.48 Å². The summed E-state index contributed by atoms with van der Waals surface area (Å²) in [6, 6.07) is 31.5. The van der Waals surface area contributed by atoms with E-state index in [2.05, 4.69) is 72.8 Å². The van der Waals surface area contributed by atoms with E-state index in [0.29, 0.717) is 6.61 Å². The van der Waals surface area contributed by atoms with Gasteiger partial charge in [0.25, 0.3) is 0 Å². The minimum absolute atomic E-state index is 0.0813. The normalized spacial score (nSPS) is 16.2. The number of rotatable bonds is 4. The van der Waals surface area contributed by atoms with Crippen molar-refractivity contribution in [1.29, 1.82) is 0 Å². The lowest BCUT2D eigenvalue weighted by atomic mass is 9.70. The third-order valence-electron chi connectivity index (χ3n) is 4.39. The molecule has 25 heavy (non-hydrogen) atoms. The predicted molar refractivity (Wildman–Crippen MR) is 102 cm³/mol. The van der Waals surface area contributed by atoms with E-state index >= 15 is 0 Å². The van der Waals surface area contributed by atoms with Crippen molar-refractivity contribution in [3.05, 3.63) is 108 Å². The molecule has 1 heterocycles. The highest BCUT2D eigenvalue weighted by Gasteiger charge is 2.28. The van der Waals surface area contributed by atoms with Crippen LogP contribution in [0.5, 0.6) is 0 Å². The zero-order valence-electron chi connectivity index (χ0n) is 13.8. The van der Waals surface area contributed by atoms with Crippen LogP contribution in [-0.4, -0.2) is 14.1 Å². The van der Waals surface area contributed by atoms with Crippen molar-refractivity contribution in [3.63, 3.8) is 0 Å². The van der Waals surface area contributed by atoms with Crippen LogP contribution in [0.25, 0.3) is 11.1 Å². The summed E-state index contributed by atoms with van der Waals surface area (Å²) in [4.78, 5) is 10.3. The molecular formula is C22H18BO2. The van der Waals surface area contributed by atoms with Crippen molar-refractivity contribution in [2.75, 3.05) is 6.61 Å². The van der Waals surface area contributed by atoms with Gasteiger partial charge in [0.15, 0.2) is 0 Å². The Balaban J connectivity index is 2.00. The summed E-state index contributed by atoms with van der Waals surface area (Å²) >= 11 is 0. The van der Waals surface area contributed by atoms with E-state index in [9.17, 15) is 0 Å². The van der Waals surface area contributed by atoms with E-state index < -0.39 is 0 Å². The Labute approximate surface area is 148 Å². The van der Waals surface area contributed by atoms with Crippen LogP contribution in [0.2, 0.25) is 5.82 Å². The SMILES string of the molecule is [B]1OOCC1C(=C(c1ccccc1)c1ccccc1)c1ccccc1. The first-order valence-electron chi connectivity index (χ1n) is 8.45. The molecular weight excluding hydrogens is 307 g/mol. The third kappa shape index (κ3) is 3.43. The third-order valence-corrected chi connectivity index (χ3v) is 4.39. The molecule has 1 radical (unpaired) electrons. The fourth-order valence-electron chi connectivity index (χ4n) is 3.26. The topological polar surface area (TPSA) is 18.5 Å². The standard InChI is InChI=1S/C22H18BO2/c1-4-10-17(11-5-1)21(18-12-6-2-7-13-18)22(20-16-24-25-23-20)19-14-8-3-9-15-19/h1-15,20H,16H2. The molecule has 1 aliphatic heterocycles. The summed E-state index contributed by atoms with van der Waals surface area (Å²) in [6.45, 7) is 0.521. The molecule has 0 N–H and O–H groups in total. The molecule has 3 heteroatoms. The molecule has 0 aliphatic carbocycles. The van der Waals surface area contributed by atoms with Gasteiger partial charge in [0, 0.05) is 5.82 Å². The van der Waals surface area contributed by atoms with E-state index in [-0.39, 0.29) is 5.82 Å². The van der Waals surface area contributed by atoms with Gasteiger partial charge in [0.2, 0.25) is 0 Å². The lowest BCUT2D eigenvalue weighted by Gasteiger charge is -2.20. The maximum atomic E-state index is 5.19. The first-order chi connectivity index (χ1) is 12.4. The molecule has 1 saturated heterocycles. The quantitative estimate of drug-likeness (QED) is 0.381. The number of benzene rings is 3. The highest BCUT2D eigenvalue weighted by atomic mass is 17.2. The Morgan fingerprint density at radius 1 is 0.680 bits per heavy atom. The van der Waals surface area contributed by atoms with Gasteiger partial charge in [0.05, 0.1) is 6.61 Å². The van der Waals surface area contributed by atoms with Gasteiger partial charge in [-0.05, 0) is 27.8 Å². The summed E-state index contributed by atoms with van der Waals surface area (Å²) in [5.41, 5.74) is 5.99. The fourth-order valence-corrected chi connectivity index (χ4v) is 3.26. The smallest absolute Gasteiger partial charge is 0.310 e. The molecule has 0 bridgehead atoms. The predicted octanol–water partition coefficient (Wildman–Crippen LogP) is 5.02. The Kier molecular flexibility index (Phi) is 4.78. The van der Waals surface area contributed by atoms with Gasteiger partial charge in [-0.15, -0.1) is 0 Å². The maximum Gasteiger partial charge on any atom is 0.354 e. The molecule has 3 aromatic carbocycles. The van der Waals surface area contributed by atoms with Crippen molar-refractivity contribution in [1.82, 2.24) is 0 Å². The zero-order valence-corrected chi connectivity index (χ0v) is 13.8. The van der Waals surface area contributed by atoms with Crippen molar-refractivity contribution in [3.8, 4) is 0 Å². The van der Waals surface area contributed by atoms with Crippen molar-refractivity contribution >= 4 is 18.6 Å². The minimum atomic E-state index is 0.0813. The molecule has 2 nitrogen and oxygen atoms in total. The van der Waals surface area contributed by atoms with Crippen LogP contribution >= 0.6 is 0 Å². The van der Waals surface area contributed by atoms with E-state index in [1.807, 2.05) is 18.2 Å². The number of hydrogen-bond acceptors (Lipinski definition) is 2. The van der Waals surface area contributed by atoms with Gasteiger partial charge in [-0.3, -0.25) is 4.89 Å². The molecule has 1 aliphatic rings. The lowest BCUT2D eigenvalue weighted by Crippen LogP contribution is -2.07. The average Bonchev–Trinajstić information content (AvgIpc) is 3.22. The van der Waals surface area contributed by atoms with Crippen LogP contribution in [-0.2, 0) is 9.69 Å². The highest BCUT2D eigenvalue weighted by molar-refractivity contribution is 6.36.